The molecule has 0 aliphatic carbocycles. The van der Waals surface area contributed by atoms with Crippen molar-refractivity contribution >= 4 is 5.91 Å². The Morgan fingerprint density at radius 3 is 2.78 bits per heavy atom. The van der Waals surface area contributed by atoms with Crippen molar-refractivity contribution in [3.63, 3.8) is 0 Å². The molecule has 1 unspecified atom stereocenters. The number of H-pyrrole nitrogens is 1. The van der Waals surface area contributed by atoms with Crippen LogP contribution in [-0.4, -0.2) is 82.5 Å². The second-order valence-corrected chi connectivity index (χ2v) is 6.35. The Bertz CT molecular complexity index is 682. The lowest BCUT2D eigenvalue weighted by atomic mass is 10.1. The first-order valence-electron chi connectivity index (χ1n) is 8.03. The van der Waals surface area contributed by atoms with Crippen LogP contribution >= 0.6 is 0 Å². The van der Waals surface area contributed by atoms with E-state index in [1.54, 1.807) is 0 Å². The predicted molar refractivity (Wildman–Crippen MR) is 85.4 cm³/mol. The molecule has 1 aromatic heterocycles. The first kappa shape index (κ1) is 15.9. The third-order valence-electron chi connectivity index (χ3n) is 4.71. The molecule has 2 fully saturated rings. The maximum Gasteiger partial charge on any atom is 0.328 e. The SMILES string of the molecule is CN1CCN2CCN(C(=O)CCn3ccc(=O)[nH]c3=O)CC2C1. The lowest BCUT2D eigenvalue weighted by Gasteiger charge is -2.46. The quantitative estimate of drug-likeness (QED) is 0.724. The number of aromatic nitrogens is 2. The van der Waals surface area contributed by atoms with Gasteiger partial charge in [-0.2, -0.15) is 0 Å². The molecule has 1 atom stereocenters. The van der Waals surface area contributed by atoms with E-state index in [0.717, 1.165) is 39.3 Å². The van der Waals surface area contributed by atoms with Gasteiger partial charge >= 0.3 is 5.69 Å². The van der Waals surface area contributed by atoms with Gasteiger partial charge in [0.15, 0.2) is 0 Å². The van der Waals surface area contributed by atoms with E-state index >= 15 is 0 Å². The first-order chi connectivity index (χ1) is 11.0. The summed E-state index contributed by atoms with van der Waals surface area (Å²) < 4.78 is 1.37. The summed E-state index contributed by atoms with van der Waals surface area (Å²) in [6, 6.07) is 1.70. The zero-order valence-electron chi connectivity index (χ0n) is 13.4. The molecular weight excluding hydrogens is 298 g/mol. The zero-order chi connectivity index (χ0) is 16.4. The van der Waals surface area contributed by atoms with Crippen LogP contribution in [0.4, 0.5) is 0 Å². The molecule has 2 aliphatic heterocycles. The number of nitrogens with one attached hydrogen (secondary N) is 1. The van der Waals surface area contributed by atoms with Gasteiger partial charge in [-0.15, -0.1) is 0 Å². The number of fused-ring (bicyclic) bond motifs is 1. The van der Waals surface area contributed by atoms with Gasteiger partial charge in [0.25, 0.3) is 5.56 Å². The van der Waals surface area contributed by atoms with Crippen LogP contribution in [0.1, 0.15) is 6.42 Å². The van der Waals surface area contributed by atoms with Crippen molar-refractivity contribution in [2.45, 2.75) is 19.0 Å². The minimum absolute atomic E-state index is 0.0657. The maximum atomic E-state index is 12.4. The Balaban J connectivity index is 1.56. The summed E-state index contributed by atoms with van der Waals surface area (Å²) in [5.74, 6) is 0.0657. The van der Waals surface area contributed by atoms with E-state index in [-0.39, 0.29) is 12.3 Å². The van der Waals surface area contributed by atoms with Crippen LogP contribution in [0.5, 0.6) is 0 Å². The number of nitrogens with zero attached hydrogens (tertiary/aromatic N) is 4. The summed E-state index contributed by atoms with van der Waals surface area (Å²) in [5.41, 5.74) is -0.890. The van der Waals surface area contributed by atoms with Gasteiger partial charge < -0.3 is 14.4 Å². The molecule has 8 heteroatoms. The van der Waals surface area contributed by atoms with E-state index in [1.807, 2.05) is 4.90 Å². The lowest BCUT2D eigenvalue weighted by molar-refractivity contribution is -0.135. The van der Waals surface area contributed by atoms with Crippen LogP contribution < -0.4 is 11.2 Å². The largest absolute Gasteiger partial charge is 0.340 e. The number of carbonyl (C=O) groups excluding carboxylic acids is 1. The molecule has 0 spiro atoms. The van der Waals surface area contributed by atoms with E-state index in [9.17, 15) is 14.4 Å². The van der Waals surface area contributed by atoms with Crippen LogP contribution in [0.15, 0.2) is 21.9 Å². The highest BCUT2D eigenvalue weighted by Crippen LogP contribution is 2.15. The van der Waals surface area contributed by atoms with E-state index in [4.69, 9.17) is 0 Å². The number of amides is 1. The van der Waals surface area contributed by atoms with Crippen LogP contribution in [0.2, 0.25) is 0 Å². The molecule has 1 N–H and O–H groups in total. The summed E-state index contributed by atoms with van der Waals surface area (Å²) >= 11 is 0. The number of aromatic amines is 1. The van der Waals surface area contributed by atoms with E-state index in [0.29, 0.717) is 12.6 Å². The van der Waals surface area contributed by atoms with Crippen molar-refractivity contribution in [2.24, 2.45) is 0 Å². The van der Waals surface area contributed by atoms with Crippen LogP contribution in [0.3, 0.4) is 0 Å². The highest BCUT2D eigenvalue weighted by molar-refractivity contribution is 5.76. The smallest absolute Gasteiger partial charge is 0.328 e. The summed E-state index contributed by atoms with van der Waals surface area (Å²) in [7, 11) is 2.11. The Morgan fingerprint density at radius 1 is 1.22 bits per heavy atom. The van der Waals surface area contributed by atoms with Gasteiger partial charge in [0, 0.05) is 70.5 Å². The molecular formula is C15H23N5O3. The Hall–Kier alpha value is -1.93. The lowest BCUT2D eigenvalue weighted by Crippen LogP contribution is -2.62. The molecule has 126 valence electrons. The van der Waals surface area contributed by atoms with Gasteiger partial charge in [0.1, 0.15) is 0 Å². The summed E-state index contributed by atoms with van der Waals surface area (Å²) in [4.78, 5) is 43.9. The third-order valence-corrected chi connectivity index (χ3v) is 4.71. The predicted octanol–water partition coefficient (Wildman–Crippen LogP) is -1.62. The Labute approximate surface area is 134 Å². The van der Waals surface area contributed by atoms with Gasteiger partial charge in [-0.05, 0) is 7.05 Å². The third kappa shape index (κ3) is 3.70. The number of aryl methyl sites for hydroxylation is 1. The van der Waals surface area contributed by atoms with Crippen molar-refractivity contribution in [1.29, 1.82) is 0 Å². The van der Waals surface area contributed by atoms with Crippen LogP contribution in [0.25, 0.3) is 0 Å². The maximum absolute atomic E-state index is 12.4. The number of piperazine rings is 2. The zero-order valence-corrected chi connectivity index (χ0v) is 13.4. The van der Waals surface area contributed by atoms with Gasteiger partial charge in [-0.1, -0.05) is 0 Å². The normalized spacial score (nSPS) is 22.8. The topological polar surface area (TPSA) is 81.7 Å². The fourth-order valence-corrected chi connectivity index (χ4v) is 3.33. The fourth-order valence-electron chi connectivity index (χ4n) is 3.33. The molecule has 0 bridgehead atoms. The van der Waals surface area contributed by atoms with Crippen molar-refractivity contribution in [3.8, 4) is 0 Å². The molecule has 0 radical (unpaired) electrons. The Kier molecular flexibility index (Phi) is 4.63. The number of carbonyl (C=O) groups is 1. The van der Waals surface area contributed by atoms with Crippen LogP contribution in [0, 0.1) is 0 Å². The second kappa shape index (κ2) is 6.67. The number of hydrogen-bond acceptors (Lipinski definition) is 5. The minimum atomic E-state index is -0.468. The molecule has 2 aliphatic rings. The molecule has 2 saturated heterocycles. The van der Waals surface area contributed by atoms with Crippen molar-refractivity contribution in [1.82, 2.24) is 24.3 Å². The highest BCUT2D eigenvalue weighted by Gasteiger charge is 2.32. The Morgan fingerprint density at radius 2 is 2.00 bits per heavy atom. The molecule has 1 amide bonds. The molecule has 8 nitrogen and oxygen atoms in total. The molecule has 3 rings (SSSR count). The van der Waals surface area contributed by atoms with Gasteiger partial charge in [0.2, 0.25) is 5.91 Å². The van der Waals surface area contributed by atoms with E-state index < -0.39 is 11.2 Å². The highest BCUT2D eigenvalue weighted by atomic mass is 16.2. The first-order valence-corrected chi connectivity index (χ1v) is 8.03. The number of likely N-dealkylation sites (N-methyl/N-ethyl adjacent to an activating group) is 1. The second-order valence-electron chi connectivity index (χ2n) is 6.35. The molecule has 0 aromatic carbocycles. The van der Waals surface area contributed by atoms with Gasteiger partial charge in [-0.3, -0.25) is 19.5 Å². The number of hydrogen-bond donors (Lipinski definition) is 1. The van der Waals surface area contributed by atoms with Crippen molar-refractivity contribution < 1.29 is 4.79 Å². The summed E-state index contributed by atoms with van der Waals surface area (Å²) in [5, 5.41) is 0. The van der Waals surface area contributed by atoms with Crippen molar-refractivity contribution in [2.75, 3.05) is 46.3 Å². The fraction of sp³-hybridized carbons (Fsp3) is 0.667. The minimum Gasteiger partial charge on any atom is -0.340 e. The summed E-state index contributed by atoms with van der Waals surface area (Å²) in [6.07, 6.45) is 1.71. The number of rotatable bonds is 3. The van der Waals surface area contributed by atoms with E-state index in [1.165, 1.54) is 16.8 Å². The standard InChI is InChI=1S/C15H23N5O3/c1-17-6-7-18-8-9-20(11-12(18)10-17)14(22)3-5-19-4-2-13(21)16-15(19)23/h2,4,12H,3,5-11H2,1H3,(H,16,21,23). The molecule has 23 heavy (non-hydrogen) atoms. The van der Waals surface area contributed by atoms with Gasteiger partial charge in [-0.25, -0.2) is 4.79 Å². The average Bonchev–Trinajstić information content (AvgIpc) is 2.53. The van der Waals surface area contributed by atoms with Gasteiger partial charge in [0.05, 0.1) is 0 Å². The average molecular weight is 321 g/mol. The molecule has 1 aromatic rings. The molecule has 0 saturated carbocycles. The molecule has 3 heterocycles. The monoisotopic (exact) mass is 321 g/mol. The summed E-state index contributed by atoms with van der Waals surface area (Å²) in [6.45, 7) is 5.85. The van der Waals surface area contributed by atoms with Crippen molar-refractivity contribution in [3.05, 3.63) is 33.1 Å². The van der Waals surface area contributed by atoms with E-state index in [2.05, 4.69) is 21.8 Å². The van der Waals surface area contributed by atoms with Crippen LogP contribution in [-0.2, 0) is 11.3 Å².